The van der Waals surface area contributed by atoms with Crippen LogP contribution in [0, 0.1) is 69.0 Å². The first-order chi connectivity index (χ1) is 30.8. The Labute approximate surface area is 389 Å². The molecule has 8 fully saturated rings. The summed E-state index contributed by atoms with van der Waals surface area (Å²) in [5.74, 6) is -2.51. The maximum atomic E-state index is 15.0. The summed E-state index contributed by atoms with van der Waals surface area (Å²) >= 11 is 0. The normalized spacial score (nSPS) is 56.5. The molecular formula is C54H74N2O10. The number of carbonyl (C=O) groups is 1. The molecular weight excluding hydrogens is 837 g/mol. The van der Waals surface area contributed by atoms with Gasteiger partial charge in [0.2, 0.25) is 5.79 Å². The molecule has 4 saturated carbocycles. The van der Waals surface area contributed by atoms with Crippen LogP contribution < -0.4 is 0 Å². The minimum absolute atomic E-state index is 0.0559. The number of ether oxygens (including phenoxy) is 4. The van der Waals surface area contributed by atoms with Crippen molar-refractivity contribution in [2.24, 2.45) is 69.0 Å². The summed E-state index contributed by atoms with van der Waals surface area (Å²) in [5.41, 5.74) is 0.0789. The fourth-order valence-electron chi connectivity index (χ4n) is 19.3. The number of allylic oxidation sites excluding steroid dienone is 1. The summed E-state index contributed by atoms with van der Waals surface area (Å²) in [6.07, 6.45) is 10.1. The van der Waals surface area contributed by atoms with E-state index in [1.54, 1.807) is 0 Å². The molecule has 20 atom stereocenters. The SMILES string of the molecule is C[C@@H]1[C@H]2CC=C3[C@@H]4CC[C@H]5Cc6nc7c(nc6C[C@]5(C)[C@@]4(O)CC(=O)[C@@]32CO[C@]12OC(C)(C)C[C@H]2O)C[C@@H]1CC[C@H]2C3=C[C@@H]4O[C@]5(OC(C)(C)CC5O)[C@@H](C)[C@]4(O)[C@@]3(C)[C@H](O)C[C@@H]2[C@@]1(C)C7. The lowest BCUT2D eigenvalue weighted by molar-refractivity contribution is -0.337. The first-order valence-electron chi connectivity index (χ1n) is 25.9. The Hall–Kier alpha value is -2.13. The highest BCUT2D eigenvalue weighted by atomic mass is 16.7. The van der Waals surface area contributed by atoms with Crippen molar-refractivity contribution in [3.05, 3.63) is 46.1 Å². The van der Waals surface area contributed by atoms with Gasteiger partial charge in [-0.15, -0.1) is 0 Å². The molecule has 12 heteroatoms. The summed E-state index contributed by atoms with van der Waals surface area (Å²) in [7, 11) is 0. The standard InChI is InChI=1S/C54H74N2O10/c1-26-31-14-15-32-33-13-11-29-17-37-39(21-48(29,8)51(33,61)24-41(58)50(31,32)25-63-53(26)42(59)22-45(3,4)65-53)56-36-16-28-10-12-30-34(47(28,7)20-38(36)55-37)18-40(57)49(9)35(30)19-44-52(49,62)27(2)54(64-44)43(60)23-46(5,6)66-54/h15,19,26-31,33-34,40,42-44,57,59-62H,10-14,16-18,20-25H2,1-9H3/t26-,27+,28+,29+,30-,31-,33+,34+,40-,42-,43?,44+,47+,48+,49-,50-,51-,52-,53+,54+/m1/s1. The van der Waals surface area contributed by atoms with Crippen LogP contribution in [0.2, 0.25) is 0 Å². The van der Waals surface area contributed by atoms with Gasteiger partial charge in [0.15, 0.2) is 5.79 Å². The number of rotatable bonds is 0. The van der Waals surface area contributed by atoms with E-state index in [1.165, 1.54) is 0 Å². The van der Waals surface area contributed by atoms with E-state index in [1.807, 2.05) is 41.5 Å². The second-order valence-electron chi connectivity index (χ2n) is 26.4. The van der Waals surface area contributed by atoms with Crippen molar-refractivity contribution in [2.75, 3.05) is 6.61 Å². The summed E-state index contributed by atoms with van der Waals surface area (Å²) in [5, 5.41) is 61.4. The van der Waals surface area contributed by atoms with Gasteiger partial charge in [-0.05, 0) is 127 Å². The zero-order chi connectivity index (χ0) is 46.5. The molecule has 5 N–H and O–H groups in total. The first-order valence-corrected chi connectivity index (χ1v) is 25.9. The molecule has 5 heterocycles. The maximum Gasteiger partial charge on any atom is 0.201 e. The van der Waals surface area contributed by atoms with Gasteiger partial charge in [0.1, 0.15) is 29.7 Å². The van der Waals surface area contributed by atoms with E-state index in [2.05, 4.69) is 32.9 Å². The third kappa shape index (κ3) is 4.83. The lowest BCUT2D eigenvalue weighted by Crippen LogP contribution is -2.70. The lowest BCUT2D eigenvalue weighted by atomic mass is 9.42. The number of fused-ring (bicyclic) bond motifs is 13. The first kappa shape index (κ1) is 43.9. The van der Waals surface area contributed by atoms with Crippen molar-refractivity contribution in [3.63, 3.8) is 0 Å². The largest absolute Gasteiger partial charge is 0.392 e. The second kappa shape index (κ2) is 12.8. The van der Waals surface area contributed by atoms with Gasteiger partial charge in [-0.1, -0.05) is 57.9 Å². The molecule has 0 radical (unpaired) electrons. The van der Waals surface area contributed by atoms with Gasteiger partial charge in [0.25, 0.3) is 0 Å². The fraction of sp³-hybridized carbons (Fsp3) is 0.833. The van der Waals surface area contributed by atoms with Crippen LogP contribution in [0.3, 0.4) is 0 Å². The Bertz CT molecular complexity index is 2420. The molecule has 3 spiro atoms. The molecule has 1 aromatic heterocycles. The number of Topliss-reactive ketones (excluding diaryl/α,β-unsaturated/α-hetero) is 1. The van der Waals surface area contributed by atoms with Gasteiger partial charge in [0, 0.05) is 47.8 Å². The number of nitrogens with zero attached hydrogens (tertiary/aromatic N) is 2. The molecule has 12 aliphatic rings. The summed E-state index contributed by atoms with van der Waals surface area (Å²) in [6.45, 7) is 18.8. The Morgan fingerprint density at radius 1 is 0.712 bits per heavy atom. The molecule has 66 heavy (non-hydrogen) atoms. The summed E-state index contributed by atoms with van der Waals surface area (Å²) < 4.78 is 26.3. The summed E-state index contributed by atoms with van der Waals surface area (Å²) in [4.78, 5) is 26.0. The molecule has 1 aromatic rings. The molecule has 13 rings (SSSR count). The zero-order valence-electron chi connectivity index (χ0n) is 40.7. The van der Waals surface area contributed by atoms with E-state index in [4.69, 9.17) is 28.9 Å². The lowest BCUT2D eigenvalue weighted by Gasteiger charge is -2.64. The third-order valence-corrected chi connectivity index (χ3v) is 22.8. The number of carbonyl (C=O) groups excluding carboxylic acids is 1. The van der Waals surface area contributed by atoms with Crippen molar-refractivity contribution < 1.29 is 49.3 Å². The molecule has 0 aromatic carbocycles. The topological polar surface area (TPSA) is 181 Å². The van der Waals surface area contributed by atoms with Crippen molar-refractivity contribution >= 4 is 5.78 Å². The molecule has 4 saturated heterocycles. The van der Waals surface area contributed by atoms with Crippen LogP contribution in [0.4, 0.5) is 0 Å². The molecule has 0 bridgehead atoms. The van der Waals surface area contributed by atoms with Crippen molar-refractivity contribution in [1.29, 1.82) is 0 Å². The highest BCUT2D eigenvalue weighted by Crippen LogP contribution is 2.73. The van der Waals surface area contributed by atoms with Crippen LogP contribution in [-0.4, -0.2) is 106 Å². The van der Waals surface area contributed by atoms with E-state index >= 15 is 0 Å². The van der Waals surface area contributed by atoms with Gasteiger partial charge in [0.05, 0.1) is 57.7 Å². The van der Waals surface area contributed by atoms with E-state index < -0.39 is 80.6 Å². The number of aliphatic hydroxyl groups is 5. The minimum Gasteiger partial charge on any atom is -0.392 e. The van der Waals surface area contributed by atoms with E-state index in [9.17, 15) is 30.3 Å². The summed E-state index contributed by atoms with van der Waals surface area (Å²) in [6, 6.07) is 0. The highest BCUT2D eigenvalue weighted by molar-refractivity contribution is 5.92. The predicted octanol–water partition coefficient (Wildman–Crippen LogP) is 5.65. The fourth-order valence-corrected chi connectivity index (χ4v) is 19.3. The number of hydrogen-bond donors (Lipinski definition) is 5. The molecule has 8 aliphatic carbocycles. The van der Waals surface area contributed by atoms with E-state index in [0.29, 0.717) is 38.0 Å². The zero-order valence-corrected chi connectivity index (χ0v) is 40.7. The Kier molecular flexibility index (Phi) is 8.54. The van der Waals surface area contributed by atoms with Gasteiger partial charge >= 0.3 is 0 Å². The smallest absolute Gasteiger partial charge is 0.201 e. The van der Waals surface area contributed by atoms with Crippen molar-refractivity contribution in [3.8, 4) is 0 Å². The van der Waals surface area contributed by atoms with Crippen LogP contribution in [0.5, 0.6) is 0 Å². The van der Waals surface area contributed by atoms with Crippen LogP contribution in [0.15, 0.2) is 23.3 Å². The quantitative estimate of drug-likeness (QED) is 0.203. The average molecular weight is 911 g/mol. The molecule has 4 aliphatic heterocycles. The van der Waals surface area contributed by atoms with Crippen LogP contribution in [0.25, 0.3) is 0 Å². The van der Waals surface area contributed by atoms with Gasteiger partial charge in [-0.3, -0.25) is 14.8 Å². The number of hydrogen-bond acceptors (Lipinski definition) is 12. The average Bonchev–Trinajstić information content (AvgIpc) is 3.94. The van der Waals surface area contributed by atoms with E-state index in [0.717, 1.165) is 78.9 Å². The molecule has 1 unspecified atom stereocenters. The number of aromatic nitrogens is 2. The second-order valence-corrected chi connectivity index (χ2v) is 26.4. The van der Waals surface area contributed by atoms with Gasteiger partial charge in [-0.2, -0.15) is 0 Å². The van der Waals surface area contributed by atoms with Gasteiger partial charge in [-0.25, -0.2) is 0 Å². The van der Waals surface area contributed by atoms with Crippen molar-refractivity contribution in [2.45, 2.75) is 204 Å². The molecule has 360 valence electrons. The predicted molar refractivity (Wildman–Crippen MR) is 240 cm³/mol. The molecule has 12 nitrogen and oxygen atoms in total. The van der Waals surface area contributed by atoms with Crippen LogP contribution >= 0.6 is 0 Å². The monoisotopic (exact) mass is 911 g/mol. The Morgan fingerprint density at radius 2 is 1.35 bits per heavy atom. The third-order valence-electron chi connectivity index (χ3n) is 22.8. The maximum absolute atomic E-state index is 15.0. The van der Waals surface area contributed by atoms with Crippen LogP contribution in [-0.2, 0) is 49.4 Å². The van der Waals surface area contributed by atoms with Crippen LogP contribution in [0.1, 0.15) is 143 Å². The highest BCUT2D eigenvalue weighted by Gasteiger charge is 2.79. The Balaban J connectivity index is 0.775. The van der Waals surface area contributed by atoms with Crippen molar-refractivity contribution in [1.82, 2.24) is 9.97 Å². The van der Waals surface area contributed by atoms with E-state index in [-0.39, 0.29) is 59.7 Å². The number of aliphatic hydroxyl groups excluding tert-OH is 3. The number of ketones is 1. The van der Waals surface area contributed by atoms with Gasteiger partial charge < -0.3 is 44.5 Å². The minimum atomic E-state index is -1.43. The molecule has 0 amide bonds. The Morgan fingerprint density at radius 3 is 2.02 bits per heavy atom.